The maximum absolute atomic E-state index is 12.0. The SMILES string of the molecule is C[C@@H](Cc1ccccc1)NC(=O)C(N)CCCCN=C(N)N.O=C(O)C(=O)O. The quantitative estimate of drug-likeness (QED) is 0.141. The van der Waals surface area contributed by atoms with Crippen LogP contribution in [0.2, 0.25) is 0 Å². The van der Waals surface area contributed by atoms with Crippen LogP contribution in [0.15, 0.2) is 35.3 Å². The van der Waals surface area contributed by atoms with Crippen molar-refractivity contribution in [1.29, 1.82) is 0 Å². The predicted octanol–water partition coefficient (Wildman–Crippen LogP) is -0.340. The number of aliphatic carboxylic acids is 2. The zero-order valence-corrected chi connectivity index (χ0v) is 15.9. The number of rotatable bonds is 9. The molecule has 1 aromatic rings. The van der Waals surface area contributed by atoms with Crippen LogP contribution in [0, 0.1) is 0 Å². The third kappa shape index (κ3) is 13.1. The molecule has 0 aliphatic heterocycles. The van der Waals surface area contributed by atoms with Crippen LogP contribution in [0.25, 0.3) is 0 Å². The molecular formula is C18H29N5O5. The number of carbonyl (C=O) groups is 3. The molecule has 0 aliphatic carbocycles. The first-order valence-electron chi connectivity index (χ1n) is 8.75. The number of carboxylic acid groups (broad SMARTS) is 2. The normalized spacial score (nSPS) is 11.9. The summed E-state index contributed by atoms with van der Waals surface area (Å²) in [6.45, 7) is 2.55. The molecule has 9 N–H and O–H groups in total. The maximum Gasteiger partial charge on any atom is 0.414 e. The fraction of sp³-hybridized carbons (Fsp3) is 0.444. The molecule has 2 atom stereocenters. The minimum atomic E-state index is -1.82. The van der Waals surface area contributed by atoms with Crippen molar-refractivity contribution in [3.8, 4) is 0 Å². The highest BCUT2D eigenvalue weighted by Crippen LogP contribution is 2.04. The van der Waals surface area contributed by atoms with E-state index in [2.05, 4.69) is 10.3 Å². The number of carboxylic acids is 2. The standard InChI is InChI=1S/C16H27N5O.C2H2O4/c1-12(11-13-7-3-2-4-8-13)21-15(22)14(17)9-5-6-10-20-16(18)19;3-1(4)2(5)6/h2-4,7-8,12,14H,5-6,9-11,17H2,1H3,(H,21,22)(H4,18,19,20);(H,3,4)(H,5,6)/t12-,14?;/m0./s1. The molecule has 1 rings (SSSR count). The van der Waals surface area contributed by atoms with Gasteiger partial charge in [0.1, 0.15) is 0 Å². The van der Waals surface area contributed by atoms with E-state index in [1.165, 1.54) is 5.56 Å². The highest BCUT2D eigenvalue weighted by atomic mass is 16.4. The summed E-state index contributed by atoms with van der Waals surface area (Å²) in [6.07, 6.45) is 3.06. The molecule has 1 amide bonds. The van der Waals surface area contributed by atoms with Crippen LogP contribution in [-0.4, -0.2) is 52.6 Å². The smallest absolute Gasteiger partial charge is 0.414 e. The number of aliphatic imine (C=N–C) groups is 1. The minimum absolute atomic E-state index is 0.0580. The van der Waals surface area contributed by atoms with Crippen LogP contribution in [0.3, 0.4) is 0 Å². The molecule has 28 heavy (non-hydrogen) atoms. The lowest BCUT2D eigenvalue weighted by Gasteiger charge is -2.17. The number of nitrogens with zero attached hydrogens (tertiary/aromatic N) is 1. The Labute approximate surface area is 163 Å². The zero-order valence-electron chi connectivity index (χ0n) is 15.9. The Morgan fingerprint density at radius 2 is 1.64 bits per heavy atom. The summed E-state index contributed by atoms with van der Waals surface area (Å²) < 4.78 is 0. The molecule has 0 fully saturated rings. The van der Waals surface area contributed by atoms with E-state index in [0.29, 0.717) is 13.0 Å². The van der Waals surface area contributed by atoms with E-state index in [9.17, 15) is 4.79 Å². The van der Waals surface area contributed by atoms with Crippen molar-refractivity contribution in [3.63, 3.8) is 0 Å². The van der Waals surface area contributed by atoms with Crippen molar-refractivity contribution in [2.75, 3.05) is 6.54 Å². The van der Waals surface area contributed by atoms with Crippen molar-refractivity contribution in [1.82, 2.24) is 5.32 Å². The summed E-state index contributed by atoms with van der Waals surface area (Å²) >= 11 is 0. The van der Waals surface area contributed by atoms with Gasteiger partial charge < -0.3 is 32.7 Å². The van der Waals surface area contributed by atoms with Gasteiger partial charge >= 0.3 is 11.9 Å². The molecule has 0 heterocycles. The average Bonchev–Trinajstić information content (AvgIpc) is 2.62. The van der Waals surface area contributed by atoms with Crippen LogP contribution in [0.4, 0.5) is 0 Å². The Balaban J connectivity index is 0.00000105. The molecule has 1 aromatic carbocycles. The molecule has 0 radical (unpaired) electrons. The lowest BCUT2D eigenvalue weighted by molar-refractivity contribution is -0.159. The Kier molecular flexibility index (Phi) is 12.4. The number of guanidine groups is 1. The van der Waals surface area contributed by atoms with Crippen molar-refractivity contribution in [3.05, 3.63) is 35.9 Å². The molecular weight excluding hydrogens is 366 g/mol. The number of carbonyl (C=O) groups excluding carboxylic acids is 1. The molecule has 0 aliphatic rings. The highest BCUT2D eigenvalue weighted by molar-refractivity contribution is 6.27. The topological polar surface area (TPSA) is 194 Å². The maximum atomic E-state index is 12.0. The van der Waals surface area contributed by atoms with Crippen LogP contribution < -0.4 is 22.5 Å². The van der Waals surface area contributed by atoms with Gasteiger partial charge in [0.05, 0.1) is 6.04 Å². The van der Waals surface area contributed by atoms with E-state index in [1.54, 1.807) is 0 Å². The number of hydrogen-bond donors (Lipinski definition) is 6. The van der Waals surface area contributed by atoms with Gasteiger partial charge in [-0.2, -0.15) is 0 Å². The van der Waals surface area contributed by atoms with Gasteiger partial charge in [0, 0.05) is 12.6 Å². The minimum Gasteiger partial charge on any atom is -0.473 e. The molecule has 10 nitrogen and oxygen atoms in total. The van der Waals surface area contributed by atoms with Gasteiger partial charge in [-0.05, 0) is 38.2 Å². The molecule has 10 heteroatoms. The summed E-state index contributed by atoms with van der Waals surface area (Å²) in [5, 5.41) is 17.7. The Morgan fingerprint density at radius 1 is 1.07 bits per heavy atom. The van der Waals surface area contributed by atoms with Crippen molar-refractivity contribution >= 4 is 23.8 Å². The number of benzene rings is 1. The number of unbranched alkanes of at least 4 members (excludes halogenated alkanes) is 1. The summed E-state index contributed by atoms with van der Waals surface area (Å²) in [7, 11) is 0. The van der Waals surface area contributed by atoms with Crippen LogP contribution >= 0.6 is 0 Å². The van der Waals surface area contributed by atoms with Crippen LogP contribution in [0.1, 0.15) is 31.7 Å². The van der Waals surface area contributed by atoms with E-state index < -0.39 is 18.0 Å². The third-order valence-corrected chi connectivity index (χ3v) is 3.51. The zero-order chi connectivity index (χ0) is 21.5. The predicted molar refractivity (Wildman–Crippen MR) is 106 cm³/mol. The first kappa shape index (κ1) is 24.9. The summed E-state index contributed by atoms with van der Waals surface area (Å²) in [5.74, 6) is -3.66. The number of nitrogens with two attached hydrogens (primary N) is 3. The van der Waals surface area contributed by atoms with E-state index in [-0.39, 0.29) is 17.9 Å². The van der Waals surface area contributed by atoms with Gasteiger partial charge in [0.2, 0.25) is 5.91 Å². The van der Waals surface area contributed by atoms with E-state index >= 15 is 0 Å². The molecule has 0 spiro atoms. The van der Waals surface area contributed by atoms with Gasteiger partial charge in [-0.15, -0.1) is 0 Å². The molecule has 0 aromatic heterocycles. The average molecular weight is 395 g/mol. The van der Waals surface area contributed by atoms with Crippen LogP contribution in [-0.2, 0) is 20.8 Å². The monoisotopic (exact) mass is 395 g/mol. The van der Waals surface area contributed by atoms with Gasteiger partial charge in [-0.25, -0.2) is 9.59 Å². The van der Waals surface area contributed by atoms with Gasteiger partial charge in [0.25, 0.3) is 0 Å². The van der Waals surface area contributed by atoms with Crippen LogP contribution in [0.5, 0.6) is 0 Å². The number of amides is 1. The van der Waals surface area contributed by atoms with Crippen molar-refractivity contribution in [2.45, 2.75) is 44.7 Å². The first-order chi connectivity index (χ1) is 13.1. The molecule has 0 bridgehead atoms. The molecule has 1 unspecified atom stereocenters. The third-order valence-electron chi connectivity index (χ3n) is 3.51. The number of nitrogens with one attached hydrogen (secondary N) is 1. The van der Waals surface area contributed by atoms with Gasteiger partial charge in [0.15, 0.2) is 5.96 Å². The van der Waals surface area contributed by atoms with Crippen molar-refractivity contribution in [2.24, 2.45) is 22.2 Å². The van der Waals surface area contributed by atoms with Gasteiger partial charge in [-0.1, -0.05) is 30.3 Å². The second kappa shape index (κ2) is 14.0. The molecule has 156 valence electrons. The second-order valence-corrected chi connectivity index (χ2v) is 6.12. The van der Waals surface area contributed by atoms with E-state index in [0.717, 1.165) is 19.3 Å². The largest absolute Gasteiger partial charge is 0.473 e. The Hall–Kier alpha value is -3.14. The lowest BCUT2D eigenvalue weighted by atomic mass is 10.1. The fourth-order valence-electron chi connectivity index (χ4n) is 2.18. The number of hydrogen-bond acceptors (Lipinski definition) is 5. The first-order valence-corrected chi connectivity index (χ1v) is 8.75. The summed E-state index contributed by atoms with van der Waals surface area (Å²) in [5.41, 5.74) is 17.6. The Bertz CT molecular complexity index is 635. The highest BCUT2D eigenvalue weighted by Gasteiger charge is 2.15. The lowest BCUT2D eigenvalue weighted by Crippen LogP contribution is -2.45. The second-order valence-electron chi connectivity index (χ2n) is 6.12. The van der Waals surface area contributed by atoms with Gasteiger partial charge in [-0.3, -0.25) is 9.79 Å². The Morgan fingerprint density at radius 3 is 2.14 bits per heavy atom. The summed E-state index contributed by atoms with van der Waals surface area (Å²) in [6, 6.07) is 9.63. The molecule has 0 saturated carbocycles. The van der Waals surface area contributed by atoms with E-state index in [4.69, 9.17) is 37.0 Å². The summed E-state index contributed by atoms with van der Waals surface area (Å²) in [4.78, 5) is 34.1. The fourth-order valence-corrected chi connectivity index (χ4v) is 2.18. The van der Waals surface area contributed by atoms with E-state index in [1.807, 2.05) is 37.3 Å². The molecule has 0 saturated heterocycles. The van der Waals surface area contributed by atoms with Crippen molar-refractivity contribution < 1.29 is 24.6 Å².